The highest BCUT2D eigenvalue weighted by atomic mass is 32.1. The molecule has 0 radical (unpaired) electrons. The van der Waals surface area contributed by atoms with Crippen molar-refractivity contribution in [1.82, 2.24) is 9.38 Å². The first kappa shape index (κ1) is 11.9. The third-order valence-electron chi connectivity index (χ3n) is 3.18. The Hall–Kier alpha value is -1.15. The van der Waals surface area contributed by atoms with Gasteiger partial charge in [-0.15, -0.1) is 11.3 Å². The lowest BCUT2D eigenvalue weighted by Gasteiger charge is -2.32. The molecule has 0 amide bonds. The van der Waals surface area contributed by atoms with E-state index in [9.17, 15) is 5.11 Å². The van der Waals surface area contributed by atoms with Gasteiger partial charge in [-0.2, -0.15) is 0 Å². The molecule has 3 heterocycles. The van der Waals surface area contributed by atoms with Crippen LogP contribution in [0.25, 0.3) is 4.96 Å². The van der Waals surface area contributed by atoms with Gasteiger partial charge in [0.15, 0.2) is 10.8 Å². The molecule has 0 aliphatic carbocycles. The van der Waals surface area contributed by atoms with Crippen LogP contribution in [0.15, 0.2) is 11.6 Å². The van der Waals surface area contributed by atoms with E-state index in [0.29, 0.717) is 19.7 Å². The maximum atomic E-state index is 9.18. The van der Waals surface area contributed by atoms with E-state index in [1.54, 1.807) is 11.3 Å². The Morgan fingerprint density at radius 1 is 1.61 bits per heavy atom. The van der Waals surface area contributed by atoms with E-state index in [-0.39, 0.29) is 12.7 Å². The Morgan fingerprint density at radius 3 is 3.28 bits per heavy atom. The van der Waals surface area contributed by atoms with Crippen LogP contribution in [-0.4, -0.2) is 46.9 Å². The summed E-state index contributed by atoms with van der Waals surface area (Å²) in [5, 5.41) is 11.2. The van der Waals surface area contributed by atoms with Gasteiger partial charge in [0.2, 0.25) is 0 Å². The summed E-state index contributed by atoms with van der Waals surface area (Å²) in [7, 11) is 0. The van der Waals surface area contributed by atoms with E-state index in [1.165, 1.54) is 0 Å². The Morgan fingerprint density at radius 2 is 2.50 bits per heavy atom. The summed E-state index contributed by atoms with van der Waals surface area (Å²) in [5.41, 5.74) is 6.85. The highest BCUT2D eigenvalue weighted by Gasteiger charge is 2.24. The SMILES string of the molecule is NCc1c(N2CCOC(CO)C2)nc2sccn12. The lowest BCUT2D eigenvalue weighted by atomic mass is 10.2. The molecule has 98 valence electrons. The first-order valence-corrected chi connectivity index (χ1v) is 6.83. The van der Waals surface area contributed by atoms with Crippen molar-refractivity contribution in [1.29, 1.82) is 0 Å². The van der Waals surface area contributed by atoms with Crippen molar-refractivity contribution < 1.29 is 9.84 Å². The summed E-state index contributed by atoms with van der Waals surface area (Å²) in [6, 6.07) is 0. The number of nitrogens with two attached hydrogens (primary N) is 1. The average Bonchev–Trinajstić information content (AvgIpc) is 2.98. The molecule has 6 nitrogen and oxygen atoms in total. The number of aliphatic hydroxyl groups is 1. The van der Waals surface area contributed by atoms with Crippen LogP contribution in [0.4, 0.5) is 5.82 Å². The van der Waals surface area contributed by atoms with E-state index in [1.807, 2.05) is 16.0 Å². The Bertz CT molecular complexity index is 538. The Kier molecular flexibility index (Phi) is 3.21. The standard InChI is InChI=1S/C11H16N4O2S/c12-5-9-10(13-11-15(9)2-4-18-11)14-1-3-17-8(6-14)7-16/h2,4,8,16H,1,3,5-7,12H2. The van der Waals surface area contributed by atoms with Crippen molar-refractivity contribution in [3.05, 3.63) is 17.3 Å². The van der Waals surface area contributed by atoms with Gasteiger partial charge in [-0.3, -0.25) is 4.40 Å². The first-order chi connectivity index (χ1) is 8.83. The van der Waals surface area contributed by atoms with E-state index in [0.717, 1.165) is 23.0 Å². The summed E-state index contributed by atoms with van der Waals surface area (Å²) >= 11 is 1.60. The minimum Gasteiger partial charge on any atom is -0.394 e. The average molecular weight is 268 g/mol. The fourth-order valence-electron chi connectivity index (χ4n) is 2.29. The summed E-state index contributed by atoms with van der Waals surface area (Å²) in [6.45, 7) is 2.55. The number of ether oxygens (including phenoxy) is 1. The van der Waals surface area contributed by atoms with Crippen LogP contribution in [0.2, 0.25) is 0 Å². The van der Waals surface area contributed by atoms with E-state index < -0.39 is 0 Å². The molecule has 1 aliphatic heterocycles. The number of anilines is 1. The second kappa shape index (κ2) is 4.85. The van der Waals surface area contributed by atoms with Crippen LogP contribution >= 0.6 is 11.3 Å². The molecule has 1 fully saturated rings. The largest absolute Gasteiger partial charge is 0.394 e. The maximum Gasteiger partial charge on any atom is 0.195 e. The quantitative estimate of drug-likeness (QED) is 0.823. The molecular weight excluding hydrogens is 252 g/mol. The smallest absolute Gasteiger partial charge is 0.195 e. The molecule has 0 spiro atoms. The van der Waals surface area contributed by atoms with Gasteiger partial charge in [-0.1, -0.05) is 0 Å². The summed E-state index contributed by atoms with van der Waals surface area (Å²) < 4.78 is 7.48. The molecule has 0 bridgehead atoms. The number of rotatable bonds is 3. The van der Waals surface area contributed by atoms with Gasteiger partial charge >= 0.3 is 0 Å². The van der Waals surface area contributed by atoms with Gasteiger partial charge in [0.25, 0.3) is 0 Å². The molecule has 7 heteroatoms. The highest BCUT2D eigenvalue weighted by Crippen LogP contribution is 2.25. The number of aromatic nitrogens is 2. The van der Waals surface area contributed by atoms with Crippen molar-refractivity contribution in [2.45, 2.75) is 12.6 Å². The summed E-state index contributed by atoms with van der Waals surface area (Å²) in [4.78, 5) is 7.73. The second-order valence-corrected chi connectivity index (χ2v) is 5.14. The van der Waals surface area contributed by atoms with Crippen LogP contribution in [0, 0.1) is 0 Å². The van der Waals surface area contributed by atoms with Crippen LogP contribution in [0.1, 0.15) is 5.69 Å². The topological polar surface area (TPSA) is 76.0 Å². The highest BCUT2D eigenvalue weighted by molar-refractivity contribution is 7.15. The lowest BCUT2D eigenvalue weighted by Crippen LogP contribution is -2.44. The molecule has 1 aliphatic rings. The molecule has 18 heavy (non-hydrogen) atoms. The van der Waals surface area contributed by atoms with Crippen molar-refractivity contribution in [3.63, 3.8) is 0 Å². The number of fused-ring (bicyclic) bond motifs is 1. The number of morpholine rings is 1. The van der Waals surface area contributed by atoms with Crippen LogP contribution in [0.5, 0.6) is 0 Å². The van der Waals surface area contributed by atoms with Crippen molar-refractivity contribution in [2.24, 2.45) is 5.73 Å². The van der Waals surface area contributed by atoms with Crippen LogP contribution in [0.3, 0.4) is 0 Å². The summed E-state index contributed by atoms with van der Waals surface area (Å²) in [6.07, 6.45) is 1.85. The maximum absolute atomic E-state index is 9.18. The first-order valence-electron chi connectivity index (χ1n) is 5.95. The van der Waals surface area contributed by atoms with Crippen molar-refractivity contribution in [3.8, 4) is 0 Å². The number of nitrogens with zero attached hydrogens (tertiary/aromatic N) is 3. The molecular formula is C11H16N4O2S. The van der Waals surface area contributed by atoms with E-state index in [2.05, 4.69) is 9.88 Å². The van der Waals surface area contributed by atoms with Gasteiger partial charge < -0.3 is 20.5 Å². The predicted molar refractivity (Wildman–Crippen MR) is 70.0 cm³/mol. The Labute approximate surface area is 109 Å². The zero-order valence-corrected chi connectivity index (χ0v) is 10.8. The van der Waals surface area contributed by atoms with E-state index in [4.69, 9.17) is 10.5 Å². The number of aliphatic hydroxyl groups excluding tert-OH is 1. The molecule has 3 rings (SSSR count). The van der Waals surface area contributed by atoms with Gasteiger partial charge in [0.1, 0.15) is 0 Å². The van der Waals surface area contributed by atoms with Gasteiger partial charge in [0, 0.05) is 31.2 Å². The third kappa shape index (κ3) is 1.89. The monoisotopic (exact) mass is 268 g/mol. The molecule has 1 atom stereocenters. The van der Waals surface area contributed by atoms with Gasteiger partial charge in [0.05, 0.1) is 25.0 Å². The van der Waals surface area contributed by atoms with Crippen molar-refractivity contribution in [2.75, 3.05) is 31.2 Å². The lowest BCUT2D eigenvalue weighted by molar-refractivity contribution is 0.00334. The normalized spacial score (nSPS) is 20.8. The molecule has 0 saturated carbocycles. The Balaban J connectivity index is 1.95. The number of hydrogen-bond donors (Lipinski definition) is 2. The minimum atomic E-state index is -0.135. The van der Waals surface area contributed by atoms with Crippen molar-refractivity contribution >= 4 is 22.1 Å². The van der Waals surface area contributed by atoms with Crippen LogP contribution in [-0.2, 0) is 11.3 Å². The van der Waals surface area contributed by atoms with Crippen LogP contribution < -0.4 is 10.6 Å². The molecule has 2 aromatic heterocycles. The molecule has 2 aromatic rings. The van der Waals surface area contributed by atoms with Gasteiger partial charge in [-0.05, 0) is 0 Å². The fraction of sp³-hybridized carbons (Fsp3) is 0.545. The minimum absolute atomic E-state index is 0.0384. The second-order valence-electron chi connectivity index (χ2n) is 4.26. The summed E-state index contributed by atoms with van der Waals surface area (Å²) in [5.74, 6) is 0.922. The molecule has 0 aromatic carbocycles. The molecule has 3 N–H and O–H groups in total. The predicted octanol–water partition coefficient (Wildman–Crippen LogP) is 0.0520. The third-order valence-corrected chi connectivity index (χ3v) is 3.93. The zero-order chi connectivity index (χ0) is 12.5. The van der Waals surface area contributed by atoms with Gasteiger partial charge in [-0.25, -0.2) is 4.98 Å². The number of thiazole rings is 1. The zero-order valence-electron chi connectivity index (χ0n) is 9.95. The van der Waals surface area contributed by atoms with E-state index >= 15 is 0 Å². The molecule has 1 saturated heterocycles. The number of hydrogen-bond acceptors (Lipinski definition) is 6. The number of imidazole rings is 1. The fourth-order valence-corrected chi connectivity index (χ4v) is 3.01. The molecule has 1 unspecified atom stereocenters.